The van der Waals surface area contributed by atoms with E-state index in [1.165, 1.54) is 55.1 Å². The summed E-state index contributed by atoms with van der Waals surface area (Å²) >= 11 is 0. The molecule has 0 saturated heterocycles. The van der Waals surface area contributed by atoms with Gasteiger partial charge < -0.3 is 0 Å². The van der Waals surface area contributed by atoms with Gasteiger partial charge in [0.05, 0.1) is 11.2 Å². The molecule has 5 aromatic rings. The molecule has 0 amide bonds. The topological polar surface area (TPSA) is 12.9 Å². The maximum Gasteiger partial charge on any atom is 0.0791 e. The molecule has 0 unspecified atom stereocenters. The Morgan fingerprint density at radius 1 is 0.811 bits per heavy atom. The average molecular weight is 484 g/mol. The van der Waals surface area contributed by atoms with Crippen molar-refractivity contribution in [3.05, 3.63) is 101 Å². The zero-order valence-corrected chi connectivity index (χ0v) is 23.2. The van der Waals surface area contributed by atoms with Crippen LogP contribution < -0.4 is 0 Å². The Kier molecular flexibility index (Phi) is 5.35. The van der Waals surface area contributed by atoms with Crippen LogP contribution in [0.25, 0.3) is 44.1 Å². The van der Waals surface area contributed by atoms with Crippen LogP contribution in [0.4, 0.5) is 0 Å². The summed E-state index contributed by atoms with van der Waals surface area (Å²) in [4.78, 5) is 5.40. The van der Waals surface area contributed by atoms with Crippen LogP contribution in [-0.4, -0.2) is 4.98 Å². The largest absolute Gasteiger partial charge is 0.247 e. The van der Waals surface area contributed by atoms with Crippen LogP contribution in [0, 0.1) is 5.92 Å². The number of hydrogen-bond donors (Lipinski definition) is 0. The van der Waals surface area contributed by atoms with Gasteiger partial charge in [-0.1, -0.05) is 109 Å². The molecule has 1 aliphatic carbocycles. The van der Waals surface area contributed by atoms with E-state index in [1.54, 1.807) is 0 Å². The number of rotatable bonds is 3. The molecule has 1 heteroatoms. The number of nitrogens with zero attached hydrogens (tertiary/aromatic N) is 1. The van der Waals surface area contributed by atoms with Crippen molar-refractivity contribution in [2.75, 3.05) is 0 Å². The standard InChI is InChI=1S/C36H37N/c1-22(2)18-23-16-17-29-28(19-23)32-33(36(29,6)7)27-14-10-11-15-31(27)37-34(32)25-20-24-12-8-9-13-26(24)30(21-25)35(3,4)5/h8-17,19-22H,18H2,1-7H3. The average Bonchev–Trinajstić information content (AvgIpc) is 3.09. The molecule has 186 valence electrons. The van der Waals surface area contributed by atoms with Gasteiger partial charge in [0.2, 0.25) is 0 Å². The second-order valence-electron chi connectivity index (χ2n) is 12.8. The lowest BCUT2D eigenvalue weighted by Crippen LogP contribution is -2.16. The number of pyridine rings is 1. The van der Waals surface area contributed by atoms with Gasteiger partial charge in [-0.05, 0) is 74.5 Å². The van der Waals surface area contributed by atoms with Crippen LogP contribution >= 0.6 is 0 Å². The third-order valence-corrected chi connectivity index (χ3v) is 8.13. The van der Waals surface area contributed by atoms with Gasteiger partial charge in [-0.25, -0.2) is 4.98 Å². The van der Waals surface area contributed by atoms with Gasteiger partial charge in [-0.2, -0.15) is 0 Å². The third-order valence-electron chi connectivity index (χ3n) is 8.13. The van der Waals surface area contributed by atoms with Crippen molar-refractivity contribution in [1.82, 2.24) is 4.98 Å². The van der Waals surface area contributed by atoms with Crippen molar-refractivity contribution in [3.63, 3.8) is 0 Å². The predicted octanol–water partition coefficient (Wildman–Crippen LogP) is 9.86. The van der Waals surface area contributed by atoms with E-state index in [4.69, 9.17) is 4.98 Å². The van der Waals surface area contributed by atoms with Gasteiger partial charge >= 0.3 is 0 Å². The Bertz CT molecular complexity index is 1680. The van der Waals surface area contributed by atoms with Crippen LogP contribution in [-0.2, 0) is 17.3 Å². The van der Waals surface area contributed by atoms with Crippen molar-refractivity contribution < 1.29 is 0 Å². The minimum atomic E-state index is -0.0952. The molecule has 1 aliphatic rings. The van der Waals surface area contributed by atoms with Crippen LogP contribution in [0.1, 0.15) is 70.7 Å². The zero-order chi connectivity index (χ0) is 26.1. The summed E-state index contributed by atoms with van der Waals surface area (Å²) in [6.07, 6.45) is 1.09. The smallest absolute Gasteiger partial charge is 0.0791 e. The first kappa shape index (κ1) is 23.9. The molecule has 0 N–H and O–H groups in total. The first-order valence-corrected chi connectivity index (χ1v) is 13.7. The predicted molar refractivity (Wildman–Crippen MR) is 159 cm³/mol. The summed E-state index contributed by atoms with van der Waals surface area (Å²) in [6.45, 7) is 16.3. The molecule has 0 atom stereocenters. The fraction of sp³-hybridized carbons (Fsp3) is 0.306. The fourth-order valence-corrected chi connectivity index (χ4v) is 6.48. The van der Waals surface area contributed by atoms with Gasteiger partial charge in [-0.3, -0.25) is 0 Å². The molecule has 37 heavy (non-hydrogen) atoms. The lowest BCUT2D eigenvalue weighted by atomic mass is 9.79. The van der Waals surface area contributed by atoms with Gasteiger partial charge in [0.25, 0.3) is 0 Å². The quantitative estimate of drug-likeness (QED) is 0.249. The number of para-hydroxylation sites is 1. The highest BCUT2D eigenvalue weighted by Gasteiger charge is 2.39. The molecule has 6 rings (SSSR count). The maximum absolute atomic E-state index is 5.40. The molecule has 1 aromatic heterocycles. The van der Waals surface area contributed by atoms with E-state index in [1.807, 2.05) is 0 Å². The van der Waals surface area contributed by atoms with Crippen LogP contribution in [0.2, 0.25) is 0 Å². The maximum atomic E-state index is 5.40. The minimum absolute atomic E-state index is 0.0250. The number of hydrogen-bond acceptors (Lipinski definition) is 1. The summed E-state index contributed by atoms with van der Waals surface area (Å²) in [6, 6.07) is 29.4. The normalized spacial score (nSPS) is 14.4. The lowest BCUT2D eigenvalue weighted by molar-refractivity contribution is 0.596. The van der Waals surface area contributed by atoms with Crippen LogP contribution in [0.15, 0.2) is 78.9 Å². The van der Waals surface area contributed by atoms with E-state index in [2.05, 4.69) is 127 Å². The highest BCUT2D eigenvalue weighted by atomic mass is 14.7. The fourth-order valence-electron chi connectivity index (χ4n) is 6.48. The number of benzene rings is 4. The van der Waals surface area contributed by atoms with Gasteiger partial charge in [0.1, 0.15) is 0 Å². The minimum Gasteiger partial charge on any atom is -0.247 e. The summed E-state index contributed by atoms with van der Waals surface area (Å²) in [7, 11) is 0. The zero-order valence-electron chi connectivity index (χ0n) is 23.2. The molecular weight excluding hydrogens is 446 g/mol. The first-order valence-electron chi connectivity index (χ1n) is 13.7. The van der Waals surface area contributed by atoms with Crippen LogP contribution in [0.3, 0.4) is 0 Å². The summed E-state index contributed by atoms with van der Waals surface area (Å²) in [5.74, 6) is 0.621. The molecule has 0 bridgehead atoms. The van der Waals surface area contributed by atoms with Crippen LogP contribution in [0.5, 0.6) is 0 Å². The molecule has 0 radical (unpaired) electrons. The molecule has 1 nitrogen and oxygen atoms in total. The summed E-state index contributed by atoms with van der Waals surface area (Å²) < 4.78 is 0. The van der Waals surface area contributed by atoms with Gasteiger partial charge in [-0.15, -0.1) is 0 Å². The van der Waals surface area contributed by atoms with E-state index in [0.717, 1.165) is 17.6 Å². The number of aromatic nitrogens is 1. The second kappa shape index (κ2) is 8.28. The Morgan fingerprint density at radius 2 is 1.51 bits per heavy atom. The highest BCUT2D eigenvalue weighted by Crippen LogP contribution is 2.54. The van der Waals surface area contributed by atoms with Crippen molar-refractivity contribution in [2.45, 2.75) is 65.7 Å². The third kappa shape index (κ3) is 3.79. The highest BCUT2D eigenvalue weighted by molar-refractivity contribution is 6.03. The van der Waals surface area contributed by atoms with Gasteiger partial charge in [0.15, 0.2) is 0 Å². The molecule has 1 heterocycles. The number of fused-ring (bicyclic) bond motifs is 6. The molecule has 0 saturated carbocycles. The lowest BCUT2D eigenvalue weighted by Gasteiger charge is -2.25. The molecule has 0 fully saturated rings. The first-order chi connectivity index (χ1) is 17.6. The Labute approximate surface area is 221 Å². The van der Waals surface area contributed by atoms with Crippen molar-refractivity contribution in [2.24, 2.45) is 5.92 Å². The molecule has 0 spiro atoms. The van der Waals surface area contributed by atoms with Crippen molar-refractivity contribution in [3.8, 4) is 22.4 Å². The van der Waals surface area contributed by atoms with E-state index in [0.29, 0.717) is 5.92 Å². The molecular formula is C36H37N. The monoisotopic (exact) mass is 483 g/mol. The van der Waals surface area contributed by atoms with E-state index in [-0.39, 0.29) is 10.8 Å². The molecule has 0 aliphatic heterocycles. The van der Waals surface area contributed by atoms with E-state index >= 15 is 0 Å². The Balaban J connectivity index is 1.74. The van der Waals surface area contributed by atoms with Crippen molar-refractivity contribution in [1.29, 1.82) is 0 Å². The summed E-state index contributed by atoms with van der Waals surface area (Å²) in [5, 5.41) is 3.88. The van der Waals surface area contributed by atoms with E-state index < -0.39 is 0 Å². The SMILES string of the molecule is CC(C)Cc1ccc2c(c1)-c1c(-c3cc(C(C)(C)C)c4ccccc4c3)nc3ccccc3c1C2(C)C. The Morgan fingerprint density at radius 3 is 2.24 bits per heavy atom. The molecule has 4 aromatic carbocycles. The Hall–Kier alpha value is -3.45. The van der Waals surface area contributed by atoms with E-state index in [9.17, 15) is 0 Å². The van der Waals surface area contributed by atoms with Crippen molar-refractivity contribution >= 4 is 21.7 Å². The van der Waals surface area contributed by atoms with Gasteiger partial charge in [0, 0.05) is 21.9 Å². The second-order valence-corrected chi connectivity index (χ2v) is 12.8. The summed E-state index contributed by atoms with van der Waals surface area (Å²) in [5.41, 5.74) is 11.6.